The number of aromatic nitrogens is 1. The van der Waals surface area contributed by atoms with Gasteiger partial charge < -0.3 is 10.4 Å². The molecule has 108 valence electrons. The van der Waals surface area contributed by atoms with Crippen molar-refractivity contribution in [1.29, 1.82) is 0 Å². The van der Waals surface area contributed by atoms with Gasteiger partial charge in [0.05, 0.1) is 11.3 Å². The fraction of sp³-hybridized carbons (Fsp3) is 0.533. The van der Waals surface area contributed by atoms with Crippen LogP contribution >= 0.6 is 0 Å². The number of nitrogens with one attached hydrogen (secondary N) is 1. The van der Waals surface area contributed by atoms with Crippen LogP contribution in [0.4, 0.5) is 0 Å². The van der Waals surface area contributed by atoms with Crippen molar-refractivity contribution >= 4 is 11.9 Å². The third-order valence-corrected chi connectivity index (χ3v) is 3.92. The van der Waals surface area contributed by atoms with Gasteiger partial charge in [0.25, 0.3) is 5.91 Å². The average molecular weight is 276 g/mol. The van der Waals surface area contributed by atoms with E-state index in [9.17, 15) is 9.59 Å². The highest BCUT2D eigenvalue weighted by Gasteiger charge is 2.29. The van der Waals surface area contributed by atoms with Crippen molar-refractivity contribution in [3.05, 3.63) is 29.1 Å². The maximum atomic E-state index is 12.2. The molecule has 5 nitrogen and oxygen atoms in total. The average Bonchev–Trinajstić information content (AvgIpc) is 2.38. The molecule has 2 N–H and O–H groups in total. The van der Waals surface area contributed by atoms with Crippen molar-refractivity contribution in [1.82, 2.24) is 10.3 Å². The van der Waals surface area contributed by atoms with Crippen molar-refractivity contribution in [2.75, 3.05) is 0 Å². The molecule has 1 heterocycles. The van der Waals surface area contributed by atoms with Crippen LogP contribution in [0.3, 0.4) is 0 Å². The number of carbonyl (C=O) groups is 2. The maximum Gasteiger partial charge on any atom is 0.337 e. The Balaban J connectivity index is 2.13. The number of carbonyl (C=O) groups excluding carboxylic acids is 1. The fourth-order valence-corrected chi connectivity index (χ4v) is 2.71. The fourth-order valence-electron chi connectivity index (χ4n) is 2.71. The molecule has 1 aromatic rings. The van der Waals surface area contributed by atoms with Crippen LogP contribution in [0.5, 0.6) is 0 Å². The Labute approximate surface area is 118 Å². The number of amides is 1. The highest BCUT2D eigenvalue weighted by Crippen LogP contribution is 2.27. The minimum Gasteiger partial charge on any atom is -0.478 e. The van der Waals surface area contributed by atoms with Gasteiger partial charge in [-0.1, -0.05) is 19.3 Å². The minimum absolute atomic E-state index is 0.130. The standard InChI is InChI=1S/C15H20N2O3/c1-10-11(14(19)20)6-7-12(16-10)13(18)17-15(2)8-4-3-5-9-15/h6-7H,3-5,8-9H2,1-2H3,(H,17,18)(H,19,20). The Hall–Kier alpha value is -1.91. The first-order valence-corrected chi connectivity index (χ1v) is 6.95. The number of hydrogen-bond acceptors (Lipinski definition) is 3. The van der Waals surface area contributed by atoms with Gasteiger partial charge in [0.1, 0.15) is 5.69 Å². The Bertz CT molecular complexity index is 534. The van der Waals surface area contributed by atoms with Crippen molar-refractivity contribution in [2.45, 2.75) is 51.5 Å². The Kier molecular flexibility index (Phi) is 4.06. The molecule has 0 unspecified atom stereocenters. The number of aryl methyl sites for hydroxylation is 1. The van der Waals surface area contributed by atoms with Crippen molar-refractivity contribution < 1.29 is 14.7 Å². The summed E-state index contributed by atoms with van der Waals surface area (Å²) in [6.45, 7) is 3.66. The highest BCUT2D eigenvalue weighted by molar-refractivity contribution is 5.94. The quantitative estimate of drug-likeness (QED) is 0.889. The summed E-state index contributed by atoms with van der Waals surface area (Å²) in [6, 6.07) is 2.90. The summed E-state index contributed by atoms with van der Waals surface area (Å²) in [5.74, 6) is -1.25. The van der Waals surface area contributed by atoms with Crippen molar-refractivity contribution in [2.24, 2.45) is 0 Å². The van der Waals surface area contributed by atoms with E-state index in [1.54, 1.807) is 6.92 Å². The molecule has 5 heteroatoms. The molecule has 1 fully saturated rings. The number of aromatic carboxylic acids is 1. The number of carboxylic acid groups (broad SMARTS) is 1. The van der Waals surface area contributed by atoms with Gasteiger partial charge in [0.2, 0.25) is 0 Å². The zero-order valence-corrected chi connectivity index (χ0v) is 11.9. The maximum absolute atomic E-state index is 12.2. The molecule has 0 aliphatic heterocycles. The molecule has 0 radical (unpaired) electrons. The molecule has 0 bridgehead atoms. The van der Waals surface area contributed by atoms with Gasteiger partial charge in [-0.3, -0.25) is 4.79 Å². The summed E-state index contributed by atoms with van der Waals surface area (Å²) in [5.41, 5.74) is 0.597. The molecule has 20 heavy (non-hydrogen) atoms. The third-order valence-electron chi connectivity index (χ3n) is 3.92. The van der Waals surface area contributed by atoms with Crippen LogP contribution in [0.15, 0.2) is 12.1 Å². The topological polar surface area (TPSA) is 79.3 Å². The second-order valence-electron chi connectivity index (χ2n) is 5.71. The summed E-state index contributed by atoms with van der Waals surface area (Å²) in [6.07, 6.45) is 5.42. The normalized spacial score (nSPS) is 17.5. The van der Waals surface area contributed by atoms with Crippen LogP contribution in [0.1, 0.15) is 65.6 Å². The van der Waals surface area contributed by atoms with Crippen LogP contribution in [-0.4, -0.2) is 27.5 Å². The van der Waals surface area contributed by atoms with Gasteiger partial charge in [-0.25, -0.2) is 9.78 Å². The van der Waals surface area contributed by atoms with Gasteiger partial charge >= 0.3 is 5.97 Å². The SMILES string of the molecule is Cc1nc(C(=O)NC2(C)CCCCC2)ccc1C(=O)O. The molecule has 0 spiro atoms. The first-order valence-electron chi connectivity index (χ1n) is 6.95. The molecular formula is C15H20N2O3. The number of hydrogen-bond donors (Lipinski definition) is 2. The van der Waals surface area contributed by atoms with E-state index in [4.69, 9.17) is 5.11 Å². The zero-order chi connectivity index (χ0) is 14.8. The third kappa shape index (κ3) is 3.15. The molecule has 0 atom stereocenters. The number of pyridine rings is 1. The molecular weight excluding hydrogens is 256 g/mol. The van der Waals surface area contributed by atoms with Crippen LogP contribution in [0.25, 0.3) is 0 Å². The lowest BCUT2D eigenvalue weighted by Crippen LogP contribution is -2.47. The van der Waals surface area contributed by atoms with E-state index in [-0.39, 0.29) is 22.7 Å². The molecule has 0 aromatic carbocycles. The van der Waals surface area contributed by atoms with Gasteiger partial charge in [0, 0.05) is 5.54 Å². The second kappa shape index (κ2) is 5.61. The van der Waals surface area contributed by atoms with Gasteiger partial charge in [-0.15, -0.1) is 0 Å². The summed E-state index contributed by atoms with van der Waals surface area (Å²) >= 11 is 0. The molecule has 1 amide bonds. The van der Waals surface area contributed by atoms with Crippen molar-refractivity contribution in [3.8, 4) is 0 Å². The predicted octanol–water partition coefficient (Wildman–Crippen LogP) is 2.54. The van der Waals surface area contributed by atoms with E-state index in [2.05, 4.69) is 17.2 Å². The van der Waals surface area contributed by atoms with Crippen molar-refractivity contribution in [3.63, 3.8) is 0 Å². The molecule has 1 aliphatic rings. The van der Waals surface area contributed by atoms with E-state index in [1.165, 1.54) is 18.6 Å². The summed E-state index contributed by atoms with van der Waals surface area (Å²) < 4.78 is 0. The van der Waals surface area contributed by atoms with E-state index >= 15 is 0 Å². The highest BCUT2D eigenvalue weighted by atomic mass is 16.4. The lowest BCUT2D eigenvalue weighted by atomic mass is 9.83. The number of nitrogens with zero attached hydrogens (tertiary/aromatic N) is 1. The molecule has 2 rings (SSSR count). The van der Waals surface area contributed by atoms with E-state index in [1.807, 2.05) is 0 Å². The molecule has 0 saturated heterocycles. The van der Waals surface area contributed by atoms with Gasteiger partial charge in [-0.2, -0.15) is 0 Å². The number of carboxylic acids is 1. The number of rotatable bonds is 3. The van der Waals surface area contributed by atoms with Crippen LogP contribution in [0, 0.1) is 6.92 Å². The van der Waals surface area contributed by atoms with Crippen LogP contribution in [-0.2, 0) is 0 Å². The summed E-state index contributed by atoms with van der Waals surface area (Å²) in [4.78, 5) is 27.3. The predicted molar refractivity (Wildman–Crippen MR) is 74.9 cm³/mol. The first kappa shape index (κ1) is 14.5. The zero-order valence-electron chi connectivity index (χ0n) is 11.9. The van der Waals surface area contributed by atoms with E-state index in [0.717, 1.165) is 25.7 Å². The first-order chi connectivity index (χ1) is 9.41. The monoisotopic (exact) mass is 276 g/mol. The lowest BCUT2D eigenvalue weighted by Gasteiger charge is -2.34. The molecule has 1 aromatic heterocycles. The van der Waals surface area contributed by atoms with Gasteiger partial charge in [-0.05, 0) is 38.8 Å². The Morgan fingerprint density at radius 1 is 1.25 bits per heavy atom. The Morgan fingerprint density at radius 3 is 2.45 bits per heavy atom. The van der Waals surface area contributed by atoms with Gasteiger partial charge in [0.15, 0.2) is 0 Å². The smallest absolute Gasteiger partial charge is 0.337 e. The second-order valence-corrected chi connectivity index (χ2v) is 5.71. The Morgan fingerprint density at radius 2 is 1.90 bits per heavy atom. The summed E-state index contributed by atoms with van der Waals surface area (Å²) in [7, 11) is 0. The van der Waals surface area contributed by atoms with Crippen LogP contribution < -0.4 is 5.32 Å². The molecule has 1 aliphatic carbocycles. The van der Waals surface area contributed by atoms with Crippen LogP contribution in [0.2, 0.25) is 0 Å². The summed E-state index contributed by atoms with van der Waals surface area (Å²) in [5, 5.41) is 12.0. The largest absolute Gasteiger partial charge is 0.478 e. The van der Waals surface area contributed by atoms with E-state index in [0.29, 0.717) is 5.69 Å². The molecule has 1 saturated carbocycles. The lowest BCUT2D eigenvalue weighted by molar-refractivity contribution is 0.0694. The minimum atomic E-state index is -1.03. The van der Waals surface area contributed by atoms with E-state index < -0.39 is 5.97 Å².